The molecule has 1 heterocycles. The molecule has 1 fully saturated rings. The number of carbonyl (C=O) groups excluding carboxylic acids is 2. The summed E-state index contributed by atoms with van der Waals surface area (Å²) in [6, 6.07) is 36.5. The van der Waals surface area contributed by atoms with Gasteiger partial charge in [-0.1, -0.05) is 110 Å². The van der Waals surface area contributed by atoms with Crippen LogP contribution in [0.2, 0.25) is 0 Å². The Morgan fingerprint density at radius 3 is 1.82 bits per heavy atom. The van der Waals surface area contributed by atoms with Crippen LogP contribution in [0.5, 0.6) is 0 Å². The summed E-state index contributed by atoms with van der Waals surface area (Å²) in [5.74, 6) is -0.449. The third-order valence-corrected chi connectivity index (χ3v) is 8.72. The molecule has 0 aliphatic carbocycles. The van der Waals surface area contributed by atoms with Crippen molar-refractivity contribution in [3.63, 3.8) is 0 Å². The maximum atomic E-state index is 12.6. The van der Waals surface area contributed by atoms with Crippen LogP contribution in [-0.4, -0.2) is 39.7 Å². The Kier molecular flexibility index (Phi) is 13.9. The summed E-state index contributed by atoms with van der Waals surface area (Å²) in [5.41, 5.74) is 7.57. The largest absolute Gasteiger partial charge is 0.392 e. The van der Waals surface area contributed by atoms with E-state index in [2.05, 4.69) is 58.7 Å². The van der Waals surface area contributed by atoms with E-state index in [0.29, 0.717) is 31.5 Å². The predicted octanol–water partition coefficient (Wildman–Crippen LogP) is 7.21. The number of carbonyl (C=O) groups is 2. The summed E-state index contributed by atoms with van der Waals surface area (Å²) in [7, 11) is 0. The molecule has 9 heteroatoms. The molecule has 3 atom stereocenters. The van der Waals surface area contributed by atoms with Gasteiger partial charge in [0.05, 0.1) is 18.8 Å². The van der Waals surface area contributed by atoms with Gasteiger partial charge in [-0.3, -0.25) is 19.7 Å². The lowest BCUT2D eigenvalue weighted by Gasteiger charge is -2.38. The molecule has 4 N–H and O–H groups in total. The topological polar surface area (TPSA) is 120 Å². The molecule has 49 heavy (non-hydrogen) atoms. The van der Waals surface area contributed by atoms with Gasteiger partial charge in [-0.2, -0.15) is 0 Å². The molecule has 258 valence electrons. The van der Waals surface area contributed by atoms with Crippen molar-refractivity contribution in [1.29, 1.82) is 0 Å². The number of hydroxylamine groups is 1. The smallest absolute Gasteiger partial charge is 0.243 e. The van der Waals surface area contributed by atoms with Crippen molar-refractivity contribution in [1.82, 2.24) is 10.4 Å². The second-order valence-corrected chi connectivity index (χ2v) is 12.6. The van der Waals surface area contributed by atoms with E-state index in [1.165, 1.54) is 11.1 Å². The van der Waals surface area contributed by atoms with Crippen LogP contribution in [0.3, 0.4) is 0 Å². The van der Waals surface area contributed by atoms with Gasteiger partial charge in [0.1, 0.15) is 0 Å². The van der Waals surface area contributed by atoms with Crippen LogP contribution in [0.15, 0.2) is 109 Å². The Morgan fingerprint density at radius 1 is 0.673 bits per heavy atom. The number of nitrogens with one attached hydrogen (secondary N) is 2. The number of benzene rings is 4. The molecule has 4 aromatic rings. The highest BCUT2D eigenvalue weighted by molar-refractivity contribution is 5.90. The summed E-state index contributed by atoms with van der Waals surface area (Å²) in [6.45, 7) is 2.26. The van der Waals surface area contributed by atoms with Gasteiger partial charge >= 0.3 is 0 Å². The molecule has 4 aromatic carbocycles. The number of aliphatic hydroxyl groups is 1. The minimum absolute atomic E-state index is 0.0114. The highest BCUT2D eigenvalue weighted by Crippen LogP contribution is 2.38. The first-order valence-corrected chi connectivity index (χ1v) is 17.1. The molecule has 1 aliphatic rings. The third-order valence-electron chi connectivity index (χ3n) is 8.72. The fourth-order valence-corrected chi connectivity index (χ4v) is 6.12. The number of rotatable bonds is 17. The van der Waals surface area contributed by atoms with Crippen molar-refractivity contribution >= 4 is 17.5 Å². The molecule has 5 rings (SSSR count). The van der Waals surface area contributed by atoms with Gasteiger partial charge < -0.3 is 19.9 Å². The molecular formula is C40H47N3O6. The zero-order valence-corrected chi connectivity index (χ0v) is 27.9. The van der Waals surface area contributed by atoms with E-state index in [1.54, 1.807) is 5.48 Å². The normalized spacial score (nSPS) is 17.5. The van der Waals surface area contributed by atoms with Crippen LogP contribution in [0.4, 0.5) is 5.69 Å². The molecule has 9 nitrogen and oxygen atoms in total. The number of anilines is 1. The standard InChI is InChI=1S/C40H47N3O6/c44-29-32-17-19-33(20-18-32)37-25-36(28-43(26-30-11-5-3-6-12-30)27-31-13-7-4-8-14-31)48-40(49-37)34-21-23-35(24-22-34)41-38(45)15-9-1-2-10-16-39(46)42-47/h3-8,11-14,17-24,36-37,40,44,47H,1-2,9-10,15-16,25-29H2,(H,41,45)(H,42,46). The molecule has 1 saturated heterocycles. The summed E-state index contributed by atoms with van der Waals surface area (Å²) < 4.78 is 13.3. The van der Waals surface area contributed by atoms with E-state index in [-0.39, 0.29) is 37.0 Å². The zero-order chi connectivity index (χ0) is 34.3. The van der Waals surface area contributed by atoms with Gasteiger partial charge in [0.15, 0.2) is 6.29 Å². The average Bonchev–Trinajstić information content (AvgIpc) is 3.14. The molecule has 1 aliphatic heterocycles. The maximum Gasteiger partial charge on any atom is 0.243 e. The van der Waals surface area contributed by atoms with Crippen LogP contribution in [0, 0.1) is 0 Å². The lowest BCUT2D eigenvalue weighted by atomic mass is 9.99. The lowest BCUT2D eigenvalue weighted by Crippen LogP contribution is -2.39. The van der Waals surface area contributed by atoms with Crippen molar-refractivity contribution in [3.8, 4) is 0 Å². The third kappa shape index (κ3) is 11.6. The summed E-state index contributed by atoms with van der Waals surface area (Å²) in [5, 5.41) is 21.1. The van der Waals surface area contributed by atoms with Crippen LogP contribution < -0.4 is 10.8 Å². The van der Waals surface area contributed by atoms with Crippen LogP contribution in [0.1, 0.15) is 85.2 Å². The van der Waals surface area contributed by atoms with Crippen molar-refractivity contribution in [3.05, 3.63) is 137 Å². The van der Waals surface area contributed by atoms with Gasteiger partial charge in [-0.25, -0.2) is 5.48 Å². The van der Waals surface area contributed by atoms with E-state index >= 15 is 0 Å². The maximum absolute atomic E-state index is 12.6. The Bertz CT molecular complexity index is 1530. The van der Waals surface area contributed by atoms with Gasteiger partial charge in [0.25, 0.3) is 0 Å². The second-order valence-electron chi connectivity index (χ2n) is 12.6. The second kappa shape index (κ2) is 19.0. The number of aliphatic hydroxyl groups excluding tert-OH is 1. The van der Waals surface area contributed by atoms with Gasteiger partial charge in [-0.05, 0) is 47.2 Å². The number of amides is 2. The minimum atomic E-state index is -0.603. The number of ether oxygens (including phenoxy) is 2. The van der Waals surface area contributed by atoms with Gasteiger partial charge in [0, 0.05) is 50.1 Å². The monoisotopic (exact) mass is 665 g/mol. The minimum Gasteiger partial charge on any atom is -0.392 e. The van der Waals surface area contributed by atoms with Gasteiger partial charge in [0.2, 0.25) is 11.8 Å². The molecule has 0 bridgehead atoms. The Balaban J connectivity index is 1.25. The summed E-state index contributed by atoms with van der Waals surface area (Å²) in [6.07, 6.45) is 3.48. The van der Waals surface area contributed by atoms with Crippen molar-refractivity contribution in [2.45, 2.75) is 83.1 Å². The number of nitrogens with zero attached hydrogens (tertiary/aromatic N) is 1. The first-order valence-electron chi connectivity index (χ1n) is 17.1. The highest BCUT2D eigenvalue weighted by Gasteiger charge is 2.33. The van der Waals surface area contributed by atoms with E-state index < -0.39 is 6.29 Å². The quantitative estimate of drug-likeness (QED) is 0.0535. The molecule has 0 saturated carbocycles. The molecule has 0 radical (unpaired) electrons. The predicted molar refractivity (Wildman–Crippen MR) is 188 cm³/mol. The van der Waals surface area contributed by atoms with E-state index in [0.717, 1.165) is 49.0 Å². The fraction of sp³-hybridized carbons (Fsp3) is 0.350. The van der Waals surface area contributed by atoms with Gasteiger partial charge in [-0.15, -0.1) is 0 Å². The van der Waals surface area contributed by atoms with Crippen LogP contribution in [-0.2, 0) is 38.8 Å². The first kappa shape index (κ1) is 35.9. The van der Waals surface area contributed by atoms with Crippen LogP contribution >= 0.6 is 0 Å². The number of hydrogen-bond acceptors (Lipinski definition) is 7. The zero-order valence-electron chi connectivity index (χ0n) is 27.9. The van der Waals surface area contributed by atoms with Crippen molar-refractivity contribution in [2.24, 2.45) is 0 Å². The fourth-order valence-electron chi connectivity index (χ4n) is 6.12. The van der Waals surface area contributed by atoms with Crippen molar-refractivity contribution < 1.29 is 29.4 Å². The molecular weight excluding hydrogens is 618 g/mol. The molecule has 0 spiro atoms. The lowest BCUT2D eigenvalue weighted by molar-refractivity contribution is -0.253. The highest BCUT2D eigenvalue weighted by atomic mass is 16.7. The average molecular weight is 666 g/mol. The van der Waals surface area contributed by atoms with E-state index in [9.17, 15) is 14.7 Å². The molecule has 0 aromatic heterocycles. The number of unbranched alkanes of at least 4 members (excludes halogenated alkanes) is 3. The summed E-state index contributed by atoms with van der Waals surface area (Å²) in [4.78, 5) is 26.1. The Labute approximate surface area is 288 Å². The first-order chi connectivity index (χ1) is 24.0. The van der Waals surface area contributed by atoms with E-state index in [4.69, 9.17) is 14.7 Å². The summed E-state index contributed by atoms with van der Waals surface area (Å²) >= 11 is 0. The van der Waals surface area contributed by atoms with E-state index in [1.807, 2.05) is 60.7 Å². The van der Waals surface area contributed by atoms with Crippen molar-refractivity contribution in [2.75, 3.05) is 11.9 Å². The SMILES string of the molecule is O=C(CCCCCCC(=O)Nc1ccc(C2OC(CN(Cc3ccccc3)Cc3ccccc3)CC(c3ccc(CO)cc3)O2)cc1)NO. The Hall–Kier alpha value is -4.38. The van der Waals surface area contributed by atoms with Crippen LogP contribution in [0.25, 0.3) is 0 Å². The molecule has 3 unspecified atom stereocenters. The number of hydrogen-bond donors (Lipinski definition) is 4. The molecule has 2 amide bonds. The Morgan fingerprint density at radius 2 is 1.24 bits per heavy atom.